The predicted octanol–water partition coefficient (Wildman–Crippen LogP) is 3.58. The molecule has 1 heterocycles. The molecule has 0 amide bonds. The summed E-state index contributed by atoms with van der Waals surface area (Å²) < 4.78 is 37.7. The van der Waals surface area contributed by atoms with Crippen LogP contribution in [0.3, 0.4) is 0 Å². The summed E-state index contributed by atoms with van der Waals surface area (Å²) in [4.78, 5) is 1.60. The van der Waals surface area contributed by atoms with Gasteiger partial charge in [0.1, 0.15) is 0 Å². The van der Waals surface area contributed by atoms with Crippen LogP contribution in [0.1, 0.15) is 12.5 Å². The third-order valence-electron chi connectivity index (χ3n) is 2.48. The molecule has 1 fully saturated rings. The maximum atomic E-state index is 12.6. The number of benzene rings is 1. The van der Waals surface area contributed by atoms with Gasteiger partial charge in [-0.1, -0.05) is 24.8 Å². The van der Waals surface area contributed by atoms with Gasteiger partial charge in [0, 0.05) is 17.5 Å². The van der Waals surface area contributed by atoms with Crippen LogP contribution in [0.5, 0.6) is 0 Å². The van der Waals surface area contributed by atoms with Gasteiger partial charge in [0.2, 0.25) is 0 Å². The Bertz CT molecular complexity index is 445. The normalized spacial score (nSPS) is 21.1. The second-order valence-corrected chi connectivity index (χ2v) is 5.32. The minimum absolute atomic E-state index is 0.233. The fourth-order valence-corrected chi connectivity index (χ4v) is 2.62. The lowest BCUT2D eigenvalue weighted by atomic mass is 10.2. The van der Waals surface area contributed by atoms with Crippen LogP contribution in [0.25, 0.3) is 0 Å². The molecular weight excluding hydrogens is 249 g/mol. The van der Waals surface area contributed by atoms with Crippen LogP contribution in [0.2, 0.25) is 0 Å². The third kappa shape index (κ3) is 2.57. The minimum atomic E-state index is -4.34. The van der Waals surface area contributed by atoms with E-state index in [1.807, 2.05) is 6.92 Å². The van der Waals surface area contributed by atoms with E-state index in [9.17, 15) is 13.2 Å². The lowest BCUT2D eigenvalue weighted by Crippen LogP contribution is -2.24. The predicted molar refractivity (Wildman–Crippen MR) is 63.6 cm³/mol. The van der Waals surface area contributed by atoms with E-state index < -0.39 is 11.7 Å². The van der Waals surface area contributed by atoms with Crippen LogP contribution in [-0.4, -0.2) is 17.0 Å². The van der Waals surface area contributed by atoms with Crippen molar-refractivity contribution in [3.05, 3.63) is 29.8 Å². The van der Waals surface area contributed by atoms with Gasteiger partial charge in [0.25, 0.3) is 0 Å². The molecule has 6 heteroatoms. The van der Waals surface area contributed by atoms with Crippen LogP contribution in [-0.2, 0) is 6.18 Å². The van der Waals surface area contributed by atoms with E-state index in [4.69, 9.17) is 5.41 Å². The highest BCUT2D eigenvalue weighted by atomic mass is 32.2. The van der Waals surface area contributed by atoms with Crippen LogP contribution in [0, 0.1) is 5.41 Å². The molecule has 0 radical (unpaired) electrons. The molecule has 1 aliphatic rings. The van der Waals surface area contributed by atoms with Crippen molar-refractivity contribution in [2.45, 2.75) is 18.3 Å². The van der Waals surface area contributed by atoms with E-state index in [-0.39, 0.29) is 5.25 Å². The van der Waals surface area contributed by atoms with Gasteiger partial charge in [-0.3, -0.25) is 5.41 Å². The van der Waals surface area contributed by atoms with Crippen molar-refractivity contribution in [1.82, 2.24) is 0 Å². The standard InChI is InChI=1S/C11H11F3N2S/c1-7-6-16(10(15)17-7)9-4-2-3-8(5-9)11(12,13)14/h2-5,7,15H,6H2,1H3. The summed E-state index contributed by atoms with van der Waals surface area (Å²) in [6.45, 7) is 2.53. The number of anilines is 1. The first-order valence-electron chi connectivity index (χ1n) is 5.08. The van der Waals surface area contributed by atoms with Gasteiger partial charge in [-0.05, 0) is 18.2 Å². The zero-order valence-electron chi connectivity index (χ0n) is 9.08. The Labute approximate surface area is 101 Å². The number of amidine groups is 1. The van der Waals surface area contributed by atoms with Gasteiger partial charge in [-0.15, -0.1) is 0 Å². The monoisotopic (exact) mass is 260 g/mol. The Kier molecular flexibility index (Phi) is 3.07. The van der Waals surface area contributed by atoms with Gasteiger partial charge in [-0.2, -0.15) is 13.2 Å². The smallest absolute Gasteiger partial charge is 0.320 e. The van der Waals surface area contributed by atoms with Crippen molar-refractivity contribution in [2.24, 2.45) is 0 Å². The van der Waals surface area contributed by atoms with Crippen molar-refractivity contribution >= 4 is 22.6 Å². The second-order valence-electron chi connectivity index (χ2n) is 3.89. The van der Waals surface area contributed by atoms with Gasteiger partial charge >= 0.3 is 6.18 Å². The molecular formula is C11H11F3N2S. The molecule has 0 spiro atoms. The maximum Gasteiger partial charge on any atom is 0.416 e. The fraction of sp³-hybridized carbons (Fsp3) is 0.364. The summed E-state index contributed by atoms with van der Waals surface area (Å²) >= 11 is 1.36. The van der Waals surface area contributed by atoms with Crippen molar-refractivity contribution in [3.63, 3.8) is 0 Å². The average Bonchev–Trinajstić information content (AvgIpc) is 2.57. The third-order valence-corrected chi connectivity index (χ3v) is 3.48. The minimum Gasteiger partial charge on any atom is -0.320 e. The second kappa shape index (κ2) is 4.25. The molecule has 0 aliphatic carbocycles. The average molecular weight is 260 g/mol. The molecule has 1 aliphatic heterocycles. The Morgan fingerprint density at radius 3 is 2.65 bits per heavy atom. The molecule has 0 bridgehead atoms. The van der Waals surface area contributed by atoms with Crippen molar-refractivity contribution in [2.75, 3.05) is 11.4 Å². The highest BCUT2D eigenvalue weighted by molar-refractivity contribution is 8.15. The Morgan fingerprint density at radius 2 is 2.12 bits per heavy atom. The van der Waals surface area contributed by atoms with Crippen LogP contribution in [0.4, 0.5) is 18.9 Å². The lowest BCUT2D eigenvalue weighted by Gasteiger charge is -2.18. The number of alkyl halides is 3. The van der Waals surface area contributed by atoms with Gasteiger partial charge in [-0.25, -0.2) is 0 Å². The zero-order chi connectivity index (χ0) is 12.6. The zero-order valence-corrected chi connectivity index (χ0v) is 9.90. The van der Waals surface area contributed by atoms with E-state index in [0.29, 0.717) is 17.4 Å². The molecule has 1 aromatic carbocycles. The maximum absolute atomic E-state index is 12.6. The fourth-order valence-electron chi connectivity index (χ4n) is 1.70. The molecule has 2 nitrogen and oxygen atoms in total. The molecule has 1 unspecified atom stereocenters. The molecule has 1 saturated heterocycles. The summed E-state index contributed by atoms with van der Waals surface area (Å²) in [5.41, 5.74) is -0.242. The summed E-state index contributed by atoms with van der Waals surface area (Å²) in [6, 6.07) is 5.11. The summed E-state index contributed by atoms with van der Waals surface area (Å²) in [5.74, 6) is 0. The highest BCUT2D eigenvalue weighted by Gasteiger charge is 2.32. The van der Waals surface area contributed by atoms with Crippen molar-refractivity contribution in [3.8, 4) is 0 Å². The van der Waals surface area contributed by atoms with Crippen LogP contribution in [0.15, 0.2) is 24.3 Å². The van der Waals surface area contributed by atoms with Crippen molar-refractivity contribution < 1.29 is 13.2 Å². The first kappa shape index (κ1) is 12.3. The number of halogens is 3. The molecule has 0 saturated carbocycles. The van der Waals surface area contributed by atoms with Crippen molar-refractivity contribution in [1.29, 1.82) is 5.41 Å². The molecule has 0 aromatic heterocycles. The van der Waals surface area contributed by atoms with Gasteiger partial charge < -0.3 is 4.90 Å². The molecule has 2 rings (SSSR count). The Morgan fingerprint density at radius 1 is 1.41 bits per heavy atom. The largest absolute Gasteiger partial charge is 0.416 e. The van der Waals surface area contributed by atoms with E-state index >= 15 is 0 Å². The molecule has 17 heavy (non-hydrogen) atoms. The number of rotatable bonds is 1. The molecule has 1 N–H and O–H groups in total. The van der Waals surface area contributed by atoms with Gasteiger partial charge in [0.05, 0.1) is 5.56 Å². The summed E-state index contributed by atoms with van der Waals surface area (Å²) in [7, 11) is 0. The summed E-state index contributed by atoms with van der Waals surface area (Å²) in [6.07, 6.45) is -4.34. The quantitative estimate of drug-likeness (QED) is 0.835. The number of hydrogen-bond donors (Lipinski definition) is 1. The molecule has 92 valence electrons. The van der Waals surface area contributed by atoms with E-state index in [1.165, 1.54) is 17.8 Å². The number of nitrogens with one attached hydrogen (secondary N) is 1. The van der Waals surface area contributed by atoms with E-state index in [0.717, 1.165) is 12.1 Å². The van der Waals surface area contributed by atoms with Gasteiger partial charge in [0.15, 0.2) is 5.17 Å². The van der Waals surface area contributed by atoms with E-state index in [1.54, 1.807) is 11.0 Å². The first-order valence-corrected chi connectivity index (χ1v) is 5.96. The lowest BCUT2D eigenvalue weighted by molar-refractivity contribution is -0.137. The van der Waals surface area contributed by atoms with E-state index in [2.05, 4.69) is 0 Å². The highest BCUT2D eigenvalue weighted by Crippen LogP contribution is 2.34. The topological polar surface area (TPSA) is 27.1 Å². The number of nitrogens with zero attached hydrogens (tertiary/aromatic N) is 1. The summed E-state index contributed by atoms with van der Waals surface area (Å²) in [5, 5.41) is 8.24. The Hall–Kier alpha value is -1.17. The van der Waals surface area contributed by atoms with Crippen LogP contribution >= 0.6 is 11.8 Å². The first-order chi connectivity index (χ1) is 7.88. The van der Waals surface area contributed by atoms with Crippen LogP contribution < -0.4 is 4.90 Å². The Balaban J connectivity index is 2.31. The number of hydrogen-bond acceptors (Lipinski definition) is 2. The SMILES string of the molecule is CC1CN(c2cccc(C(F)(F)F)c2)C(=N)S1. The number of thioether (sulfide) groups is 1. The molecule has 1 atom stereocenters. The molecule has 1 aromatic rings.